The van der Waals surface area contributed by atoms with E-state index in [1.807, 2.05) is 43.3 Å². The first-order valence-electron chi connectivity index (χ1n) is 9.67. The minimum absolute atomic E-state index is 0.0342. The zero-order valence-electron chi connectivity index (χ0n) is 16.7. The lowest BCUT2D eigenvalue weighted by Gasteiger charge is -2.09. The highest BCUT2D eigenvalue weighted by Crippen LogP contribution is 2.31. The van der Waals surface area contributed by atoms with Gasteiger partial charge in [-0.05, 0) is 42.3 Å². The van der Waals surface area contributed by atoms with Gasteiger partial charge < -0.3 is 4.57 Å². The molecule has 31 heavy (non-hydrogen) atoms. The molecule has 4 rings (SSSR count). The van der Waals surface area contributed by atoms with Crippen molar-refractivity contribution in [1.82, 2.24) is 4.57 Å². The third kappa shape index (κ3) is 4.14. The summed E-state index contributed by atoms with van der Waals surface area (Å²) in [5, 5.41) is 22.0. The molecule has 0 fully saturated rings. The Hall–Kier alpha value is -3.69. The standard InChI is InChI=1S/C25H18BrN3O2/c1-17-24(14-20(15-27)19-5-4-6-22(13-19)29(30)31)23-7-2-3-8-25(23)28(17)16-18-9-11-21(26)12-10-18/h2-14H,16H2,1H3. The van der Waals surface area contributed by atoms with Crippen molar-refractivity contribution >= 4 is 44.2 Å². The molecule has 0 saturated heterocycles. The molecule has 5 nitrogen and oxygen atoms in total. The fraction of sp³-hybridized carbons (Fsp3) is 0.0800. The highest BCUT2D eigenvalue weighted by molar-refractivity contribution is 9.10. The van der Waals surface area contributed by atoms with Crippen molar-refractivity contribution in [3.63, 3.8) is 0 Å². The van der Waals surface area contributed by atoms with Gasteiger partial charge in [0.15, 0.2) is 0 Å². The van der Waals surface area contributed by atoms with Gasteiger partial charge >= 0.3 is 0 Å². The molecule has 0 amide bonds. The van der Waals surface area contributed by atoms with E-state index in [4.69, 9.17) is 0 Å². The van der Waals surface area contributed by atoms with Gasteiger partial charge in [-0.2, -0.15) is 5.26 Å². The van der Waals surface area contributed by atoms with E-state index in [1.54, 1.807) is 12.1 Å². The molecule has 0 spiro atoms. The van der Waals surface area contributed by atoms with E-state index >= 15 is 0 Å². The number of nitro groups is 1. The summed E-state index contributed by atoms with van der Waals surface area (Å²) in [5.74, 6) is 0. The number of halogens is 1. The number of nitro benzene ring substituents is 1. The Morgan fingerprint density at radius 3 is 2.58 bits per heavy atom. The topological polar surface area (TPSA) is 71.9 Å². The second-order valence-corrected chi connectivity index (χ2v) is 8.12. The first-order chi connectivity index (χ1) is 15.0. The van der Waals surface area contributed by atoms with Gasteiger partial charge in [0.25, 0.3) is 5.69 Å². The van der Waals surface area contributed by atoms with Crippen LogP contribution in [0.1, 0.15) is 22.4 Å². The Balaban J connectivity index is 1.85. The van der Waals surface area contributed by atoms with Gasteiger partial charge in [-0.15, -0.1) is 0 Å². The monoisotopic (exact) mass is 471 g/mol. The third-order valence-electron chi connectivity index (χ3n) is 5.31. The van der Waals surface area contributed by atoms with E-state index in [0.717, 1.165) is 26.6 Å². The number of para-hydroxylation sites is 1. The summed E-state index contributed by atoms with van der Waals surface area (Å²) in [6.07, 6.45) is 1.83. The molecule has 1 heterocycles. The molecule has 0 N–H and O–H groups in total. The first kappa shape index (κ1) is 20.6. The molecule has 0 aliphatic heterocycles. The van der Waals surface area contributed by atoms with Gasteiger partial charge in [0, 0.05) is 45.3 Å². The van der Waals surface area contributed by atoms with E-state index < -0.39 is 4.92 Å². The smallest absolute Gasteiger partial charge is 0.270 e. The van der Waals surface area contributed by atoms with Crippen LogP contribution in [0.5, 0.6) is 0 Å². The average Bonchev–Trinajstić information content (AvgIpc) is 3.04. The number of hydrogen-bond donors (Lipinski definition) is 0. The predicted molar refractivity (Wildman–Crippen MR) is 126 cm³/mol. The number of benzene rings is 3. The lowest BCUT2D eigenvalue weighted by Crippen LogP contribution is -2.01. The van der Waals surface area contributed by atoms with Gasteiger partial charge in [0.05, 0.1) is 16.6 Å². The van der Waals surface area contributed by atoms with Gasteiger partial charge in [0.2, 0.25) is 0 Å². The summed E-state index contributed by atoms with van der Waals surface area (Å²) < 4.78 is 3.26. The number of aromatic nitrogens is 1. The zero-order chi connectivity index (χ0) is 22.0. The number of hydrogen-bond acceptors (Lipinski definition) is 3. The predicted octanol–water partition coefficient (Wildman–Crippen LogP) is 6.73. The fourth-order valence-corrected chi connectivity index (χ4v) is 3.99. The molecule has 6 heteroatoms. The summed E-state index contributed by atoms with van der Waals surface area (Å²) in [7, 11) is 0. The Morgan fingerprint density at radius 2 is 1.87 bits per heavy atom. The molecule has 0 unspecified atom stereocenters. The maximum atomic E-state index is 11.1. The van der Waals surface area contributed by atoms with Crippen LogP contribution in [0.4, 0.5) is 5.69 Å². The summed E-state index contributed by atoms with van der Waals surface area (Å²) in [6.45, 7) is 2.74. The molecule has 0 bridgehead atoms. The first-order valence-corrected chi connectivity index (χ1v) is 10.5. The van der Waals surface area contributed by atoms with E-state index in [0.29, 0.717) is 17.7 Å². The fourth-order valence-electron chi connectivity index (χ4n) is 3.73. The van der Waals surface area contributed by atoms with Crippen molar-refractivity contribution < 1.29 is 4.92 Å². The molecule has 0 aliphatic rings. The maximum absolute atomic E-state index is 11.1. The maximum Gasteiger partial charge on any atom is 0.270 e. The molecular formula is C25H18BrN3O2. The van der Waals surface area contributed by atoms with E-state index in [2.05, 4.69) is 44.8 Å². The average molecular weight is 472 g/mol. The summed E-state index contributed by atoms with van der Waals surface area (Å²) in [5.41, 5.74) is 5.09. The van der Waals surface area contributed by atoms with Crippen LogP contribution in [0.2, 0.25) is 0 Å². The zero-order valence-corrected chi connectivity index (χ0v) is 18.3. The minimum Gasteiger partial charge on any atom is -0.340 e. The highest BCUT2D eigenvalue weighted by atomic mass is 79.9. The highest BCUT2D eigenvalue weighted by Gasteiger charge is 2.15. The quantitative estimate of drug-likeness (QED) is 0.184. The largest absolute Gasteiger partial charge is 0.340 e. The number of nitrogens with zero attached hydrogens (tertiary/aromatic N) is 3. The lowest BCUT2D eigenvalue weighted by molar-refractivity contribution is -0.384. The molecular weight excluding hydrogens is 454 g/mol. The minimum atomic E-state index is -0.451. The molecule has 4 aromatic rings. The van der Waals surface area contributed by atoms with Gasteiger partial charge in [-0.3, -0.25) is 10.1 Å². The summed E-state index contributed by atoms with van der Waals surface area (Å²) in [4.78, 5) is 10.7. The normalized spacial score (nSPS) is 11.5. The van der Waals surface area contributed by atoms with Crippen molar-refractivity contribution in [1.29, 1.82) is 5.26 Å². The van der Waals surface area contributed by atoms with Crippen LogP contribution in [0.3, 0.4) is 0 Å². The van der Waals surface area contributed by atoms with Crippen LogP contribution in [-0.4, -0.2) is 9.49 Å². The van der Waals surface area contributed by atoms with Crippen LogP contribution < -0.4 is 0 Å². The van der Waals surface area contributed by atoms with Gasteiger partial charge in [0.1, 0.15) is 0 Å². The Labute approximate surface area is 188 Å². The Bertz CT molecular complexity index is 1360. The SMILES string of the molecule is Cc1c(C=C(C#N)c2cccc([N+](=O)[O-])c2)c2ccccc2n1Cc1ccc(Br)cc1. The van der Waals surface area contributed by atoms with Gasteiger partial charge in [-0.25, -0.2) is 0 Å². The summed E-state index contributed by atoms with van der Waals surface area (Å²) in [6, 6.07) is 24.7. The number of rotatable bonds is 5. The van der Waals surface area contributed by atoms with Crippen molar-refractivity contribution in [3.8, 4) is 6.07 Å². The summed E-state index contributed by atoms with van der Waals surface area (Å²) >= 11 is 3.47. The molecule has 0 atom stereocenters. The molecule has 152 valence electrons. The van der Waals surface area contributed by atoms with Crippen LogP contribution in [-0.2, 0) is 6.54 Å². The molecule has 0 radical (unpaired) electrons. The van der Waals surface area contributed by atoms with Crippen molar-refractivity contribution in [2.75, 3.05) is 0 Å². The number of fused-ring (bicyclic) bond motifs is 1. The molecule has 0 aliphatic carbocycles. The Kier molecular flexibility index (Phi) is 5.70. The van der Waals surface area contributed by atoms with E-state index in [9.17, 15) is 15.4 Å². The molecule has 0 saturated carbocycles. The van der Waals surface area contributed by atoms with E-state index in [-0.39, 0.29) is 5.69 Å². The van der Waals surface area contributed by atoms with Crippen molar-refractivity contribution in [2.45, 2.75) is 13.5 Å². The molecule has 1 aromatic heterocycles. The van der Waals surface area contributed by atoms with Crippen LogP contribution in [0.15, 0.2) is 77.3 Å². The third-order valence-corrected chi connectivity index (χ3v) is 5.84. The van der Waals surface area contributed by atoms with Crippen molar-refractivity contribution in [2.24, 2.45) is 0 Å². The number of non-ortho nitro benzene ring substituents is 1. The number of allylic oxidation sites excluding steroid dienone is 1. The Morgan fingerprint density at radius 1 is 1.13 bits per heavy atom. The van der Waals surface area contributed by atoms with Crippen LogP contribution in [0.25, 0.3) is 22.6 Å². The van der Waals surface area contributed by atoms with Crippen LogP contribution in [0, 0.1) is 28.4 Å². The lowest BCUT2D eigenvalue weighted by atomic mass is 10.0. The van der Waals surface area contributed by atoms with Crippen molar-refractivity contribution in [3.05, 3.63) is 110 Å². The second-order valence-electron chi connectivity index (χ2n) is 7.21. The van der Waals surface area contributed by atoms with Crippen LogP contribution >= 0.6 is 15.9 Å². The second kappa shape index (κ2) is 8.58. The van der Waals surface area contributed by atoms with Gasteiger partial charge in [-0.1, -0.05) is 58.4 Å². The molecule has 3 aromatic carbocycles. The number of nitriles is 1. The van der Waals surface area contributed by atoms with E-state index in [1.165, 1.54) is 17.7 Å².